The summed E-state index contributed by atoms with van der Waals surface area (Å²) in [7, 11) is 0. The molecule has 0 aliphatic rings. The molecule has 0 aliphatic heterocycles. The molecule has 1 N–H and O–H groups in total. The monoisotopic (exact) mass is 288 g/mol. The van der Waals surface area contributed by atoms with Gasteiger partial charge in [-0.3, -0.25) is 9.59 Å². The van der Waals surface area contributed by atoms with E-state index in [0.29, 0.717) is 12.0 Å². The molecule has 0 unspecified atom stereocenters. The van der Waals surface area contributed by atoms with Crippen LogP contribution in [0.2, 0.25) is 0 Å². The molecular formula is C15H12O4S. The van der Waals surface area contributed by atoms with Gasteiger partial charge in [-0.1, -0.05) is 30.3 Å². The lowest BCUT2D eigenvalue weighted by Crippen LogP contribution is -2.16. The molecule has 1 aromatic carbocycles. The fourth-order valence-corrected chi connectivity index (χ4v) is 2.66. The maximum absolute atomic E-state index is 11.7. The highest BCUT2D eigenvalue weighted by Crippen LogP contribution is 2.19. The predicted molar refractivity (Wildman–Crippen MR) is 75.2 cm³/mol. The van der Waals surface area contributed by atoms with Crippen molar-refractivity contribution in [1.29, 1.82) is 0 Å². The quantitative estimate of drug-likeness (QED) is 0.504. The molecule has 0 amide bonds. The summed E-state index contributed by atoms with van der Waals surface area (Å²) in [6, 6.07) is 11.5. The minimum atomic E-state index is -1.57. The topological polar surface area (TPSA) is 71.4 Å². The SMILES string of the molecule is O=C(O)C(=O)CC(=O)c1csc(Cc2ccccc2)c1. The zero-order valence-corrected chi connectivity index (χ0v) is 11.4. The smallest absolute Gasteiger partial charge is 0.372 e. The Balaban J connectivity index is 2.04. The van der Waals surface area contributed by atoms with Gasteiger partial charge in [-0.05, 0) is 11.6 Å². The van der Waals surface area contributed by atoms with Gasteiger partial charge in [0.2, 0.25) is 5.78 Å². The van der Waals surface area contributed by atoms with Crippen molar-refractivity contribution in [3.05, 3.63) is 57.8 Å². The minimum absolute atomic E-state index is 0.399. The number of carboxylic acids is 1. The molecule has 0 radical (unpaired) electrons. The molecule has 102 valence electrons. The van der Waals surface area contributed by atoms with Crippen LogP contribution in [-0.4, -0.2) is 22.6 Å². The van der Waals surface area contributed by atoms with Gasteiger partial charge in [0, 0.05) is 22.2 Å². The van der Waals surface area contributed by atoms with Gasteiger partial charge >= 0.3 is 5.97 Å². The molecule has 5 heteroatoms. The number of hydrogen-bond donors (Lipinski definition) is 1. The van der Waals surface area contributed by atoms with Crippen LogP contribution in [0.3, 0.4) is 0 Å². The second-order valence-electron chi connectivity index (χ2n) is 4.29. The number of hydrogen-bond acceptors (Lipinski definition) is 4. The third-order valence-corrected chi connectivity index (χ3v) is 3.69. The summed E-state index contributed by atoms with van der Waals surface area (Å²) in [5.41, 5.74) is 1.53. The standard InChI is InChI=1S/C15H12O4S/c16-13(8-14(17)15(18)19)11-7-12(20-9-11)6-10-4-2-1-3-5-10/h1-5,7,9H,6,8H2,(H,18,19). The van der Waals surface area contributed by atoms with Gasteiger partial charge in [-0.25, -0.2) is 4.79 Å². The molecule has 2 aromatic rings. The normalized spacial score (nSPS) is 10.2. The Bertz CT molecular complexity index is 643. The molecule has 0 saturated heterocycles. The molecular weight excluding hydrogens is 276 g/mol. The van der Waals surface area contributed by atoms with Crippen molar-refractivity contribution in [3.63, 3.8) is 0 Å². The van der Waals surface area contributed by atoms with Gasteiger partial charge in [0.05, 0.1) is 6.42 Å². The molecule has 20 heavy (non-hydrogen) atoms. The summed E-state index contributed by atoms with van der Waals surface area (Å²) in [5.74, 6) is -3.10. The van der Waals surface area contributed by atoms with E-state index >= 15 is 0 Å². The summed E-state index contributed by atoms with van der Waals surface area (Å²) in [6.45, 7) is 0. The lowest BCUT2D eigenvalue weighted by atomic mass is 10.1. The van der Waals surface area contributed by atoms with Crippen molar-refractivity contribution in [2.24, 2.45) is 0 Å². The Morgan fingerprint density at radius 2 is 1.80 bits per heavy atom. The number of carboxylic acid groups (broad SMARTS) is 1. The molecule has 4 nitrogen and oxygen atoms in total. The lowest BCUT2D eigenvalue weighted by molar-refractivity contribution is -0.148. The van der Waals surface area contributed by atoms with Gasteiger partial charge < -0.3 is 5.11 Å². The van der Waals surface area contributed by atoms with E-state index in [-0.39, 0.29) is 0 Å². The number of thiophene rings is 1. The van der Waals surface area contributed by atoms with Crippen molar-refractivity contribution >= 4 is 28.9 Å². The highest BCUT2D eigenvalue weighted by atomic mass is 32.1. The number of benzene rings is 1. The van der Waals surface area contributed by atoms with Crippen molar-refractivity contribution in [2.75, 3.05) is 0 Å². The van der Waals surface area contributed by atoms with E-state index in [1.54, 1.807) is 11.4 Å². The van der Waals surface area contributed by atoms with Crippen LogP contribution in [0.1, 0.15) is 27.2 Å². The van der Waals surface area contributed by atoms with Gasteiger partial charge in [-0.2, -0.15) is 0 Å². The summed E-state index contributed by atoms with van der Waals surface area (Å²) in [4.78, 5) is 34.2. The van der Waals surface area contributed by atoms with Crippen LogP contribution in [0.25, 0.3) is 0 Å². The molecule has 1 heterocycles. The van der Waals surface area contributed by atoms with Crippen LogP contribution >= 0.6 is 11.3 Å². The molecule has 0 saturated carbocycles. The molecule has 0 bridgehead atoms. The first kappa shape index (κ1) is 14.1. The van der Waals surface area contributed by atoms with E-state index in [1.807, 2.05) is 30.3 Å². The zero-order chi connectivity index (χ0) is 14.5. The van der Waals surface area contributed by atoms with Gasteiger partial charge in [0.15, 0.2) is 5.78 Å². The second kappa shape index (κ2) is 6.25. The van der Waals surface area contributed by atoms with E-state index in [0.717, 1.165) is 10.4 Å². The predicted octanol–water partition coefficient (Wildman–Crippen LogP) is 2.57. The molecule has 0 spiro atoms. The molecule has 2 rings (SSSR count). The Kier molecular flexibility index (Phi) is 4.42. The maximum Gasteiger partial charge on any atom is 0.372 e. The van der Waals surface area contributed by atoms with Crippen LogP contribution in [0.5, 0.6) is 0 Å². The molecule has 0 fully saturated rings. The van der Waals surface area contributed by atoms with Crippen molar-refractivity contribution in [2.45, 2.75) is 12.8 Å². The Labute approximate surface area is 119 Å². The second-order valence-corrected chi connectivity index (χ2v) is 5.29. The average Bonchev–Trinajstić information content (AvgIpc) is 2.88. The van der Waals surface area contributed by atoms with E-state index in [1.165, 1.54) is 11.3 Å². The van der Waals surface area contributed by atoms with E-state index in [4.69, 9.17) is 5.11 Å². The number of ketones is 2. The van der Waals surface area contributed by atoms with Crippen molar-refractivity contribution in [3.8, 4) is 0 Å². The van der Waals surface area contributed by atoms with Crippen molar-refractivity contribution < 1.29 is 19.5 Å². The Morgan fingerprint density at radius 3 is 2.45 bits per heavy atom. The third-order valence-electron chi connectivity index (χ3n) is 2.76. The van der Waals surface area contributed by atoms with E-state index in [9.17, 15) is 14.4 Å². The average molecular weight is 288 g/mol. The number of carbonyl (C=O) groups is 3. The summed E-state index contributed by atoms with van der Waals surface area (Å²) < 4.78 is 0. The minimum Gasteiger partial charge on any atom is -0.475 e. The van der Waals surface area contributed by atoms with Crippen LogP contribution in [0.15, 0.2) is 41.8 Å². The van der Waals surface area contributed by atoms with Crippen LogP contribution in [-0.2, 0) is 16.0 Å². The zero-order valence-electron chi connectivity index (χ0n) is 10.5. The van der Waals surface area contributed by atoms with Gasteiger partial charge in [0.25, 0.3) is 0 Å². The summed E-state index contributed by atoms with van der Waals surface area (Å²) in [6.07, 6.45) is 0.127. The fourth-order valence-electron chi connectivity index (χ4n) is 1.74. The lowest BCUT2D eigenvalue weighted by Gasteiger charge is -1.97. The number of Topliss-reactive ketones (excluding diaryl/α,β-unsaturated/α-hetero) is 2. The highest BCUT2D eigenvalue weighted by molar-refractivity contribution is 7.10. The van der Waals surface area contributed by atoms with E-state index < -0.39 is 24.0 Å². The largest absolute Gasteiger partial charge is 0.475 e. The van der Waals surface area contributed by atoms with Crippen LogP contribution in [0, 0.1) is 0 Å². The number of rotatable bonds is 6. The van der Waals surface area contributed by atoms with Crippen LogP contribution < -0.4 is 0 Å². The fraction of sp³-hybridized carbons (Fsp3) is 0.133. The molecule has 0 atom stereocenters. The summed E-state index contributed by atoms with van der Waals surface area (Å²) in [5, 5.41) is 10.1. The Morgan fingerprint density at radius 1 is 1.10 bits per heavy atom. The summed E-state index contributed by atoms with van der Waals surface area (Å²) >= 11 is 1.43. The molecule has 1 aromatic heterocycles. The first-order valence-corrected chi connectivity index (χ1v) is 6.85. The van der Waals surface area contributed by atoms with E-state index in [2.05, 4.69) is 0 Å². The van der Waals surface area contributed by atoms with Gasteiger partial charge in [-0.15, -0.1) is 11.3 Å². The maximum atomic E-state index is 11.7. The Hall–Kier alpha value is -2.27. The number of carbonyl (C=O) groups excluding carboxylic acids is 2. The third kappa shape index (κ3) is 3.61. The molecule has 0 aliphatic carbocycles. The first-order valence-electron chi connectivity index (χ1n) is 5.97. The first-order chi connectivity index (χ1) is 9.56. The number of aliphatic carboxylic acids is 1. The van der Waals surface area contributed by atoms with Crippen LogP contribution in [0.4, 0.5) is 0 Å². The van der Waals surface area contributed by atoms with Crippen molar-refractivity contribution in [1.82, 2.24) is 0 Å². The van der Waals surface area contributed by atoms with Gasteiger partial charge in [0.1, 0.15) is 0 Å². The highest BCUT2D eigenvalue weighted by Gasteiger charge is 2.18.